The normalized spacial score (nSPS) is 11.8. The molecule has 0 aromatic heterocycles. The molecule has 0 fully saturated rings. The van der Waals surface area contributed by atoms with Crippen LogP contribution >= 0.6 is 0 Å². The van der Waals surface area contributed by atoms with Crippen molar-refractivity contribution in [2.24, 2.45) is 5.92 Å². The number of rotatable bonds is 28. The summed E-state index contributed by atoms with van der Waals surface area (Å²) in [4.78, 5) is 2.31. The van der Waals surface area contributed by atoms with Crippen molar-refractivity contribution < 1.29 is 0 Å². The highest BCUT2D eigenvalue weighted by molar-refractivity contribution is 4.53. The van der Waals surface area contributed by atoms with Crippen LogP contribution in [0, 0.1) is 5.92 Å². The Bertz CT molecular complexity index is 303. The van der Waals surface area contributed by atoms with Gasteiger partial charge in [-0.25, -0.2) is 0 Å². The lowest BCUT2D eigenvalue weighted by Gasteiger charge is -2.08. The maximum atomic E-state index is 2.35. The first-order valence-corrected chi connectivity index (χ1v) is 15.8. The molecule has 0 rings (SSSR count). The zero-order chi connectivity index (χ0) is 24.2. The standard InChI is InChI=1S/C32H67N/c1-32(2)30-28-26-24-22-20-18-16-14-12-10-8-6-5-7-9-11-13-15-17-19-21-23-25-27-29-31-33(3)4/h32H,5-31H2,1-4H3. The van der Waals surface area contributed by atoms with Crippen molar-refractivity contribution in [1.82, 2.24) is 4.90 Å². The maximum absolute atomic E-state index is 2.35. The maximum Gasteiger partial charge on any atom is -0.00248 e. The average Bonchev–Trinajstić information content (AvgIpc) is 2.78. The molecule has 0 aliphatic carbocycles. The van der Waals surface area contributed by atoms with Gasteiger partial charge in [-0.05, 0) is 33.0 Å². The molecule has 0 amide bonds. The molecule has 0 aromatic carbocycles. The van der Waals surface area contributed by atoms with E-state index >= 15 is 0 Å². The van der Waals surface area contributed by atoms with Crippen LogP contribution in [-0.2, 0) is 0 Å². The fourth-order valence-corrected chi connectivity index (χ4v) is 5.05. The van der Waals surface area contributed by atoms with E-state index in [2.05, 4.69) is 32.8 Å². The van der Waals surface area contributed by atoms with Gasteiger partial charge in [0.15, 0.2) is 0 Å². The smallest absolute Gasteiger partial charge is 0.00248 e. The molecule has 0 spiro atoms. The molecule has 33 heavy (non-hydrogen) atoms. The lowest BCUT2D eigenvalue weighted by molar-refractivity contribution is 0.389. The predicted molar refractivity (Wildman–Crippen MR) is 153 cm³/mol. The van der Waals surface area contributed by atoms with Gasteiger partial charge in [0.05, 0.1) is 0 Å². The first-order chi connectivity index (χ1) is 16.1. The molecule has 0 N–H and O–H groups in total. The van der Waals surface area contributed by atoms with Crippen LogP contribution < -0.4 is 0 Å². The summed E-state index contributed by atoms with van der Waals surface area (Å²) in [5.41, 5.74) is 0. The summed E-state index contributed by atoms with van der Waals surface area (Å²) in [7, 11) is 4.36. The van der Waals surface area contributed by atoms with Gasteiger partial charge in [-0.15, -0.1) is 0 Å². The fourth-order valence-electron chi connectivity index (χ4n) is 5.05. The fraction of sp³-hybridized carbons (Fsp3) is 1.00. The van der Waals surface area contributed by atoms with Gasteiger partial charge in [0.25, 0.3) is 0 Å². The van der Waals surface area contributed by atoms with Gasteiger partial charge in [0.2, 0.25) is 0 Å². The second kappa shape index (κ2) is 28.2. The Hall–Kier alpha value is -0.0400. The Kier molecular flexibility index (Phi) is 28.2. The third kappa shape index (κ3) is 32.0. The third-order valence-electron chi connectivity index (χ3n) is 7.39. The van der Waals surface area contributed by atoms with Crippen LogP contribution in [0.25, 0.3) is 0 Å². The highest BCUT2D eigenvalue weighted by Crippen LogP contribution is 2.16. The Morgan fingerprint density at radius 1 is 0.333 bits per heavy atom. The van der Waals surface area contributed by atoms with Crippen molar-refractivity contribution in [3.63, 3.8) is 0 Å². The van der Waals surface area contributed by atoms with Crippen LogP contribution in [0.15, 0.2) is 0 Å². The van der Waals surface area contributed by atoms with Crippen molar-refractivity contribution in [2.75, 3.05) is 20.6 Å². The van der Waals surface area contributed by atoms with Gasteiger partial charge in [0.1, 0.15) is 0 Å². The largest absolute Gasteiger partial charge is 0.309 e. The monoisotopic (exact) mass is 466 g/mol. The molecular formula is C32H67N. The zero-order valence-corrected chi connectivity index (χ0v) is 24.1. The second-order valence-electron chi connectivity index (χ2n) is 11.8. The van der Waals surface area contributed by atoms with Gasteiger partial charge in [-0.1, -0.05) is 174 Å². The summed E-state index contributed by atoms with van der Waals surface area (Å²) in [6.07, 6.45) is 38.3. The Labute approximate surface area is 212 Å². The van der Waals surface area contributed by atoms with Crippen LogP contribution in [0.3, 0.4) is 0 Å². The van der Waals surface area contributed by atoms with E-state index in [4.69, 9.17) is 0 Å². The Morgan fingerprint density at radius 3 is 0.758 bits per heavy atom. The topological polar surface area (TPSA) is 3.24 Å². The zero-order valence-electron chi connectivity index (χ0n) is 24.1. The van der Waals surface area contributed by atoms with Crippen LogP contribution in [0.5, 0.6) is 0 Å². The lowest BCUT2D eigenvalue weighted by Crippen LogP contribution is -2.12. The van der Waals surface area contributed by atoms with Crippen LogP contribution in [0.2, 0.25) is 0 Å². The SMILES string of the molecule is CC(C)CCCCCCCCCCCCCCCCCCCCCCCCCCCN(C)C. The van der Waals surface area contributed by atoms with E-state index in [1.165, 1.54) is 173 Å². The van der Waals surface area contributed by atoms with Gasteiger partial charge in [-0.2, -0.15) is 0 Å². The molecule has 200 valence electrons. The van der Waals surface area contributed by atoms with Crippen molar-refractivity contribution in [2.45, 2.75) is 181 Å². The minimum atomic E-state index is 0.896. The predicted octanol–water partition coefficient (Wildman–Crippen LogP) is 11.3. The van der Waals surface area contributed by atoms with Crippen molar-refractivity contribution >= 4 is 0 Å². The van der Waals surface area contributed by atoms with E-state index in [1.54, 1.807) is 0 Å². The first-order valence-electron chi connectivity index (χ1n) is 15.8. The first kappa shape index (κ1) is 33.0. The molecular weight excluding hydrogens is 398 g/mol. The summed E-state index contributed by atoms with van der Waals surface area (Å²) in [5.74, 6) is 0.896. The van der Waals surface area contributed by atoms with Crippen molar-refractivity contribution in [3.8, 4) is 0 Å². The molecule has 0 aliphatic rings. The van der Waals surface area contributed by atoms with Crippen molar-refractivity contribution in [3.05, 3.63) is 0 Å². The molecule has 0 heterocycles. The Balaban J connectivity index is 3.01. The quantitative estimate of drug-likeness (QED) is 0.104. The number of hydrogen-bond acceptors (Lipinski definition) is 1. The van der Waals surface area contributed by atoms with E-state index in [0.717, 1.165) is 5.92 Å². The van der Waals surface area contributed by atoms with E-state index < -0.39 is 0 Å². The molecule has 0 unspecified atom stereocenters. The van der Waals surface area contributed by atoms with E-state index in [-0.39, 0.29) is 0 Å². The number of nitrogens with zero attached hydrogens (tertiary/aromatic N) is 1. The number of unbranched alkanes of at least 4 members (excludes halogenated alkanes) is 24. The lowest BCUT2D eigenvalue weighted by atomic mass is 10.0. The minimum absolute atomic E-state index is 0.896. The summed E-state index contributed by atoms with van der Waals surface area (Å²) >= 11 is 0. The molecule has 0 saturated heterocycles. The minimum Gasteiger partial charge on any atom is -0.309 e. The highest BCUT2D eigenvalue weighted by atomic mass is 15.0. The van der Waals surface area contributed by atoms with Crippen LogP contribution in [-0.4, -0.2) is 25.5 Å². The van der Waals surface area contributed by atoms with Gasteiger partial charge in [0, 0.05) is 0 Å². The molecule has 0 atom stereocenters. The molecule has 0 aliphatic heterocycles. The Morgan fingerprint density at radius 2 is 0.545 bits per heavy atom. The molecule has 1 heteroatoms. The molecule has 0 aromatic rings. The van der Waals surface area contributed by atoms with E-state index in [1.807, 2.05) is 0 Å². The second-order valence-corrected chi connectivity index (χ2v) is 11.8. The van der Waals surface area contributed by atoms with Gasteiger partial charge < -0.3 is 4.90 Å². The highest BCUT2D eigenvalue weighted by Gasteiger charge is 1.97. The van der Waals surface area contributed by atoms with E-state index in [9.17, 15) is 0 Å². The summed E-state index contributed by atoms with van der Waals surface area (Å²) in [6.45, 7) is 5.96. The van der Waals surface area contributed by atoms with Crippen LogP contribution in [0.4, 0.5) is 0 Å². The summed E-state index contributed by atoms with van der Waals surface area (Å²) in [6, 6.07) is 0. The summed E-state index contributed by atoms with van der Waals surface area (Å²) in [5, 5.41) is 0. The van der Waals surface area contributed by atoms with Gasteiger partial charge >= 0.3 is 0 Å². The summed E-state index contributed by atoms with van der Waals surface area (Å²) < 4.78 is 0. The number of hydrogen-bond donors (Lipinski definition) is 0. The van der Waals surface area contributed by atoms with Gasteiger partial charge in [-0.3, -0.25) is 0 Å². The van der Waals surface area contributed by atoms with E-state index in [0.29, 0.717) is 0 Å². The molecule has 1 nitrogen and oxygen atoms in total. The average molecular weight is 466 g/mol. The molecule has 0 radical (unpaired) electrons. The molecule has 0 bridgehead atoms. The molecule has 0 saturated carbocycles. The third-order valence-corrected chi connectivity index (χ3v) is 7.39. The van der Waals surface area contributed by atoms with Crippen LogP contribution in [0.1, 0.15) is 181 Å². The van der Waals surface area contributed by atoms with Crippen molar-refractivity contribution in [1.29, 1.82) is 0 Å².